The molecule has 0 aliphatic heterocycles. The van der Waals surface area contributed by atoms with Crippen molar-refractivity contribution in [2.45, 2.75) is 181 Å². The highest BCUT2D eigenvalue weighted by molar-refractivity contribution is 5.23. The largest absolute Gasteiger partial charge is 0.0654 e. The average molecular weight is 498 g/mol. The lowest BCUT2D eigenvalue weighted by molar-refractivity contribution is 0.519. The highest BCUT2D eigenvalue weighted by atomic mass is 14.1. The lowest BCUT2D eigenvalue weighted by Crippen LogP contribution is -1.97. The van der Waals surface area contributed by atoms with Crippen molar-refractivity contribution < 1.29 is 0 Å². The normalized spacial score (nSPS) is 12.3. The standard InChI is InChI=1S/C36H65/c1-4-6-7-8-9-10-11-12-13-14-15-16-17-18-19-20-21-22-23-24-25-26-27-35-30-32-36(33-31-35)29-28-34(3)5-2/h28,30-34H,4-27,29H2,1-3H3. The Morgan fingerprint density at radius 2 is 0.806 bits per heavy atom. The molecule has 0 saturated carbocycles. The molecule has 1 atom stereocenters. The minimum atomic E-state index is 0.730. The van der Waals surface area contributed by atoms with E-state index in [4.69, 9.17) is 0 Å². The molecule has 1 unspecified atom stereocenters. The highest BCUT2D eigenvalue weighted by Gasteiger charge is 2.01. The number of unbranched alkanes of at least 4 members (excludes halogenated alkanes) is 21. The van der Waals surface area contributed by atoms with E-state index in [9.17, 15) is 0 Å². The van der Waals surface area contributed by atoms with Gasteiger partial charge in [-0.05, 0) is 42.7 Å². The van der Waals surface area contributed by atoms with Crippen molar-refractivity contribution in [1.82, 2.24) is 0 Å². The van der Waals surface area contributed by atoms with Gasteiger partial charge in [-0.2, -0.15) is 0 Å². The van der Waals surface area contributed by atoms with Gasteiger partial charge in [0.15, 0.2) is 0 Å². The molecular formula is C36H65. The van der Waals surface area contributed by atoms with Gasteiger partial charge in [0.2, 0.25) is 0 Å². The number of benzene rings is 1. The lowest BCUT2D eigenvalue weighted by atomic mass is 9.97. The van der Waals surface area contributed by atoms with Crippen molar-refractivity contribution in [2.75, 3.05) is 0 Å². The molecule has 0 amide bonds. The van der Waals surface area contributed by atoms with Gasteiger partial charge in [-0.1, -0.05) is 186 Å². The predicted octanol–water partition coefficient (Wildman–Crippen LogP) is 12.6. The van der Waals surface area contributed by atoms with E-state index < -0.39 is 0 Å². The fourth-order valence-electron chi connectivity index (χ4n) is 5.28. The molecule has 36 heavy (non-hydrogen) atoms. The van der Waals surface area contributed by atoms with Gasteiger partial charge >= 0.3 is 0 Å². The average Bonchev–Trinajstić information content (AvgIpc) is 2.90. The Balaban J connectivity index is 1.76. The van der Waals surface area contributed by atoms with Crippen LogP contribution in [-0.4, -0.2) is 0 Å². The fourth-order valence-corrected chi connectivity index (χ4v) is 5.28. The molecule has 0 aromatic heterocycles. The molecule has 0 heterocycles. The van der Waals surface area contributed by atoms with E-state index in [1.807, 2.05) is 0 Å². The van der Waals surface area contributed by atoms with Crippen LogP contribution in [0.1, 0.15) is 180 Å². The molecule has 0 aliphatic carbocycles. The summed E-state index contributed by atoms with van der Waals surface area (Å²) in [6.07, 6.45) is 38.2. The molecule has 1 aromatic rings. The van der Waals surface area contributed by atoms with Crippen molar-refractivity contribution in [3.05, 3.63) is 41.8 Å². The third kappa shape index (κ3) is 21.3. The number of rotatable bonds is 27. The number of hydrogen-bond donors (Lipinski definition) is 0. The van der Waals surface area contributed by atoms with Gasteiger partial charge in [-0.3, -0.25) is 0 Å². The van der Waals surface area contributed by atoms with Crippen molar-refractivity contribution >= 4 is 0 Å². The summed E-state index contributed by atoms with van der Waals surface area (Å²) in [6.45, 7) is 6.89. The Labute approximate surface area is 228 Å². The predicted molar refractivity (Wildman–Crippen MR) is 165 cm³/mol. The summed E-state index contributed by atoms with van der Waals surface area (Å²) >= 11 is 0. The summed E-state index contributed by atoms with van der Waals surface area (Å²) in [4.78, 5) is 0. The van der Waals surface area contributed by atoms with E-state index >= 15 is 0 Å². The van der Waals surface area contributed by atoms with Crippen LogP contribution < -0.4 is 0 Å². The molecular weight excluding hydrogens is 432 g/mol. The van der Waals surface area contributed by atoms with Crippen molar-refractivity contribution in [3.63, 3.8) is 0 Å². The first-order valence-corrected chi connectivity index (χ1v) is 16.7. The summed E-state index contributed by atoms with van der Waals surface area (Å²) in [5, 5.41) is 0. The van der Waals surface area contributed by atoms with Gasteiger partial charge < -0.3 is 0 Å². The first-order chi connectivity index (χ1) is 17.8. The Kier molecular flexibility index (Phi) is 23.9. The van der Waals surface area contributed by atoms with Crippen molar-refractivity contribution in [1.29, 1.82) is 0 Å². The molecule has 0 heteroatoms. The van der Waals surface area contributed by atoms with E-state index in [1.165, 1.54) is 165 Å². The van der Waals surface area contributed by atoms with E-state index in [2.05, 4.69) is 51.5 Å². The summed E-state index contributed by atoms with van der Waals surface area (Å²) < 4.78 is 0. The maximum atomic E-state index is 2.45. The van der Waals surface area contributed by atoms with Gasteiger partial charge in [0, 0.05) is 0 Å². The van der Waals surface area contributed by atoms with Crippen LogP contribution >= 0.6 is 0 Å². The molecule has 0 fully saturated rings. The lowest BCUT2D eigenvalue weighted by Gasteiger charge is -2.08. The van der Waals surface area contributed by atoms with Crippen molar-refractivity contribution in [3.8, 4) is 0 Å². The van der Waals surface area contributed by atoms with Crippen LogP contribution in [-0.2, 0) is 12.8 Å². The maximum Gasteiger partial charge on any atom is -0.0245 e. The second-order valence-corrected chi connectivity index (χ2v) is 11.8. The van der Waals surface area contributed by atoms with Crippen LogP contribution in [0.3, 0.4) is 0 Å². The zero-order valence-electron chi connectivity index (χ0n) is 25.1. The van der Waals surface area contributed by atoms with Gasteiger partial charge in [-0.25, -0.2) is 0 Å². The Bertz CT molecular complexity index is 542. The first kappa shape index (κ1) is 33.2. The van der Waals surface area contributed by atoms with Gasteiger partial charge in [0.05, 0.1) is 0 Å². The molecule has 1 radical (unpaired) electrons. The van der Waals surface area contributed by atoms with Crippen LogP contribution in [0.5, 0.6) is 0 Å². The Hall–Kier alpha value is -0.780. The molecule has 1 rings (SSSR count). The Morgan fingerprint density at radius 1 is 0.472 bits per heavy atom. The molecule has 0 spiro atoms. The van der Waals surface area contributed by atoms with Crippen LogP contribution in [0.2, 0.25) is 0 Å². The second-order valence-electron chi connectivity index (χ2n) is 11.8. The minimum Gasteiger partial charge on any atom is -0.0654 e. The van der Waals surface area contributed by atoms with E-state index in [-0.39, 0.29) is 0 Å². The second kappa shape index (κ2) is 25.9. The highest BCUT2D eigenvalue weighted by Crippen LogP contribution is 2.17. The quantitative estimate of drug-likeness (QED) is 0.106. The van der Waals surface area contributed by atoms with Crippen LogP contribution in [0.4, 0.5) is 0 Å². The SMILES string of the molecule is CCCCCCCCCCCCCCCCCCCCCCCCc1ccc(C[CH]C(C)CC)cc1. The minimum absolute atomic E-state index is 0.730. The molecule has 0 bridgehead atoms. The zero-order chi connectivity index (χ0) is 25.9. The van der Waals surface area contributed by atoms with Gasteiger partial charge in [0.25, 0.3) is 0 Å². The van der Waals surface area contributed by atoms with Crippen LogP contribution in [0.25, 0.3) is 0 Å². The molecule has 209 valence electrons. The van der Waals surface area contributed by atoms with Crippen LogP contribution in [0, 0.1) is 12.3 Å². The monoisotopic (exact) mass is 498 g/mol. The molecule has 1 aromatic carbocycles. The number of aryl methyl sites for hydroxylation is 1. The van der Waals surface area contributed by atoms with E-state index in [1.54, 1.807) is 0 Å². The third-order valence-electron chi connectivity index (χ3n) is 8.24. The van der Waals surface area contributed by atoms with E-state index in [0.717, 1.165) is 12.3 Å². The maximum absolute atomic E-state index is 2.45. The molecule has 0 saturated heterocycles. The van der Waals surface area contributed by atoms with Crippen molar-refractivity contribution in [2.24, 2.45) is 5.92 Å². The topological polar surface area (TPSA) is 0 Å². The smallest absolute Gasteiger partial charge is 0.0245 e. The molecule has 0 aliphatic rings. The summed E-state index contributed by atoms with van der Waals surface area (Å²) in [5.74, 6) is 0.730. The first-order valence-electron chi connectivity index (χ1n) is 16.7. The summed E-state index contributed by atoms with van der Waals surface area (Å²) in [5.41, 5.74) is 2.99. The Morgan fingerprint density at radius 3 is 1.17 bits per heavy atom. The summed E-state index contributed by atoms with van der Waals surface area (Å²) in [6, 6.07) is 9.40. The van der Waals surface area contributed by atoms with Gasteiger partial charge in [0.1, 0.15) is 0 Å². The zero-order valence-corrected chi connectivity index (χ0v) is 25.1. The third-order valence-corrected chi connectivity index (χ3v) is 8.24. The summed E-state index contributed by atoms with van der Waals surface area (Å²) in [7, 11) is 0. The number of hydrogen-bond acceptors (Lipinski definition) is 0. The van der Waals surface area contributed by atoms with E-state index in [0.29, 0.717) is 0 Å². The van der Waals surface area contributed by atoms with Gasteiger partial charge in [-0.15, -0.1) is 0 Å². The molecule has 0 nitrogen and oxygen atoms in total. The fraction of sp³-hybridized carbons (Fsp3) is 0.806. The molecule has 0 N–H and O–H groups in total. The van der Waals surface area contributed by atoms with Crippen LogP contribution in [0.15, 0.2) is 24.3 Å².